The third kappa shape index (κ3) is 2.51. The van der Waals surface area contributed by atoms with Crippen molar-refractivity contribution >= 4 is 26.0 Å². The molecule has 0 unspecified atom stereocenters. The van der Waals surface area contributed by atoms with Gasteiger partial charge in [-0.3, -0.25) is 0 Å². The lowest BCUT2D eigenvalue weighted by molar-refractivity contribution is 0.589. The molecule has 1 aromatic carbocycles. The molecule has 0 atom stereocenters. The van der Waals surface area contributed by atoms with E-state index in [0.29, 0.717) is 10.0 Å². The number of aromatic nitrogens is 3. The van der Waals surface area contributed by atoms with Crippen LogP contribution in [0, 0.1) is 5.82 Å². The zero-order valence-electron chi connectivity index (χ0n) is 8.18. The van der Waals surface area contributed by atoms with Crippen LogP contribution in [0.15, 0.2) is 27.8 Å². The van der Waals surface area contributed by atoms with Crippen molar-refractivity contribution in [3.05, 3.63) is 28.5 Å². The Balaban J connectivity index is 2.47. The Bertz CT molecular complexity index is 670. The second-order valence-corrected chi connectivity index (χ2v) is 5.47. The number of hydrogen-bond donors (Lipinski definition) is 2. The number of halogens is 2. The first-order valence-electron chi connectivity index (χ1n) is 4.28. The van der Waals surface area contributed by atoms with Crippen molar-refractivity contribution in [3.8, 4) is 11.4 Å². The molecule has 0 radical (unpaired) electrons. The molecule has 0 bridgehead atoms. The van der Waals surface area contributed by atoms with Gasteiger partial charge in [0.15, 0.2) is 5.82 Å². The van der Waals surface area contributed by atoms with Gasteiger partial charge in [-0.1, -0.05) is 0 Å². The van der Waals surface area contributed by atoms with Crippen molar-refractivity contribution in [1.82, 2.24) is 15.2 Å². The normalized spacial score (nSPS) is 11.7. The van der Waals surface area contributed by atoms with Crippen molar-refractivity contribution in [2.45, 2.75) is 5.16 Å². The molecule has 2 rings (SSSR count). The topological polar surface area (TPSA) is 102 Å². The maximum absolute atomic E-state index is 13.3. The van der Waals surface area contributed by atoms with Gasteiger partial charge in [0.05, 0.1) is 4.47 Å². The summed E-state index contributed by atoms with van der Waals surface area (Å²) in [5, 5.41) is 10.2. The first-order chi connectivity index (χ1) is 7.88. The molecule has 90 valence electrons. The predicted octanol–water partition coefficient (Wildman–Crippen LogP) is 1.02. The summed E-state index contributed by atoms with van der Waals surface area (Å²) in [6, 6.07) is 4.20. The Hall–Kier alpha value is -1.32. The molecule has 3 N–H and O–H groups in total. The number of hydrogen-bond acceptors (Lipinski definition) is 4. The van der Waals surface area contributed by atoms with Crippen LogP contribution in [0.5, 0.6) is 0 Å². The number of nitrogens with one attached hydrogen (secondary N) is 1. The minimum absolute atomic E-state index is 0.0559. The molecule has 0 fully saturated rings. The summed E-state index contributed by atoms with van der Waals surface area (Å²) in [7, 11) is -3.94. The van der Waals surface area contributed by atoms with Crippen LogP contribution in [0.4, 0.5) is 4.39 Å². The van der Waals surface area contributed by atoms with E-state index in [2.05, 4.69) is 31.1 Å². The van der Waals surface area contributed by atoms with E-state index in [1.54, 1.807) is 6.07 Å². The maximum Gasteiger partial charge on any atom is 0.273 e. The van der Waals surface area contributed by atoms with Gasteiger partial charge in [0.2, 0.25) is 0 Å². The van der Waals surface area contributed by atoms with Crippen LogP contribution >= 0.6 is 15.9 Å². The highest BCUT2D eigenvalue weighted by molar-refractivity contribution is 9.10. The Morgan fingerprint density at radius 1 is 1.41 bits per heavy atom. The SMILES string of the molecule is NS(=O)(=O)c1nc(-c2ccc(Br)c(F)c2)n[nH]1. The number of nitrogens with two attached hydrogens (primary N) is 1. The molecule has 1 aromatic heterocycles. The quantitative estimate of drug-likeness (QED) is 0.862. The maximum atomic E-state index is 13.3. The van der Waals surface area contributed by atoms with Gasteiger partial charge < -0.3 is 0 Å². The second kappa shape index (κ2) is 4.17. The van der Waals surface area contributed by atoms with Crippen molar-refractivity contribution in [3.63, 3.8) is 0 Å². The van der Waals surface area contributed by atoms with Crippen molar-refractivity contribution < 1.29 is 12.8 Å². The average molecular weight is 321 g/mol. The summed E-state index contributed by atoms with van der Waals surface area (Å²) < 4.78 is 35.5. The van der Waals surface area contributed by atoms with Crippen LogP contribution < -0.4 is 5.14 Å². The Morgan fingerprint density at radius 3 is 2.65 bits per heavy atom. The molecule has 0 aliphatic heterocycles. The van der Waals surface area contributed by atoms with E-state index >= 15 is 0 Å². The third-order valence-corrected chi connectivity index (χ3v) is 3.28. The minimum Gasteiger partial charge on any atom is -0.248 e. The van der Waals surface area contributed by atoms with Gasteiger partial charge in [0, 0.05) is 5.56 Å². The van der Waals surface area contributed by atoms with Gasteiger partial charge >= 0.3 is 0 Å². The fourth-order valence-corrected chi connectivity index (χ4v) is 1.77. The van der Waals surface area contributed by atoms with Gasteiger partial charge in [-0.25, -0.2) is 23.0 Å². The number of sulfonamides is 1. The van der Waals surface area contributed by atoms with Crippen molar-refractivity contribution in [1.29, 1.82) is 0 Å². The Morgan fingerprint density at radius 2 is 2.12 bits per heavy atom. The van der Waals surface area contributed by atoms with Crippen molar-refractivity contribution in [2.75, 3.05) is 0 Å². The number of benzene rings is 1. The molecule has 0 saturated carbocycles. The third-order valence-electron chi connectivity index (χ3n) is 1.91. The van der Waals surface area contributed by atoms with Gasteiger partial charge in [0.25, 0.3) is 15.2 Å². The number of primary sulfonamides is 1. The monoisotopic (exact) mass is 320 g/mol. The van der Waals surface area contributed by atoms with Crippen LogP contribution in [0.1, 0.15) is 0 Å². The summed E-state index contributed by atoms with van der Waals surface area (Å²) in [5.74, 6) is -0.440. The van der Waals surface area contributed by atoms with Crippen molar-refractivity contribution in [2.24, 2.45) is 5.14 Å². The molecule has 0 spiro atoms. The van der Waals surface area contributed by atoms with Gasteiger partial charge in [-0.2, -0.15) is 10.1 Å². The van der Waals surface area contributed by atoms with E-state index in [1.165, 1.54) is 12.1 Å². The molecule has 9 heteroatoms. The first-order valence-corrected chi connectivity index (χ1v) is 6.62. The molecular weight excluding hydrogens is 315 g/mol. The Labute approximate surface area is 104 Å². The first kappa shape index (κ1) is 12.1. The number of H-pyrrole nitrogens is 1. The van der Waals surface area contributed by atoms with Gasteiger partial charge in [-0.15, -0.1) is 0 Å². The summed E-state index contributed by atoms with van der Waals surface area (Å²) in [4.78, 5) is 3.66. The second-order valence-electron chi connectivity index (χ2n) is 3.14. The Kier molecular flexibility index (Phi) is 2.98. The average Bonchev–Trinajstić information content (AvgIpc) is 2.70. The van der Waals surface area contributed by atoms with Crippen LogP contribution in [0.25, 0.3) is 11.4 Å². The van der Waals surface area contributed by atoms with E-state index < -0.39 is 21.0 Å². The van der Waals surface area contributed by atoms with Gasteiger partial charge in [0.1, 0.15) is 5.82 Å². The summed E-state index contributed by atoms with van der Waals surface area (Å²) in [6.45, 7) is 0. The molecule has 6 nitrogen and oxygen atoms in total. The van der Waals surface area contributed by atoms with Crippen LogP contribution in [-0.2, 0) is 10.0 Å². The molecular formula is C8H6BrFN4O2S. The van der Waals surface area contributed by atoms with Crippen LogP contribution in [0.2, 0.25) is 0 Å². The van der Waals surface area contributed by atoms with E-state index in [4.69, 9.17) is 5.14 Å². The fraction of sp³-hybridized carbons (Fsp3) is 0. The van der Waals surface area contributed by atoms with Crippen LogP contribution in [-0.4, -0.2) is 23.6 Å². The molecule has 0 amide bonds. The molecule has 0 saturated heterocycles. The number of nitrogens with zero attached hydrogens (tertiary/aromatic N) is 2. The number of aromatic amines is 1. The molecule has 1 heterocycles. The molecule has 2 aromatic rings. The highest BCUT2D eigenvalue weighted by Gasteiger charge is 2.15. The fourth-order valence-electron chi connectivity index (χ4n) is 1.14. The van der Waals surface area contributed by atoms with E-state index in [9.17, 15) is 12.8 Å². The highest BCUT2D eigenvalue weighted by Crippen LogP contribution is 2.22. The summed E-state index contributed by atoms with van der Waals surface area (Å²) in [6.07, 6.45) is 0. The van der Waals surface area contributed by atoms with E-state index in [0.717, 1.165) is 0 Å². The molecule has 0 aliphatic carbocycles. The zero-order valence-corrected chi connectivity index (χ0v) is 10.6. The van der Waals surface area contributed by atoms with Crippen LogP contribution in [0.3, 0.4) is 0 Å². The zero-order chi connectivity index (χ0) is 12.6. The highest BCUT2D eigenvalue weighted by atomic mass is 79.9. The molecule has 17 heavy (non-hydrogen) atoms. The lowest BCUT2D eigenvalue weighted by Crippen LogP contribution is -2.13. The van der Waals surface area contributed by atoms with E-state index in [1.807, 2.05) is 0 Å². The lowest BCUT2D eigenvalue weighted by atomic mass is 10.2. The lowest BCUT2D eigenvalue weighted by Gasteiger charge is -1.97. The number of rotatable bonds is 2. The smallest absolute Gasteiger partial charge is 0.248 e. The standard InChI is InChI=1S/C8H6BrFN4O2S/c9-5-2-1-4(3-6(5)10)7-12-8(14-13-7)17(11,15)16/h1-3H,(H2,11,15,16)(H,12,13,14). The summed E-state index contributed by atoms with van der Waals surface area (Å²) in [5.41, 5.74) is 0.344. The summed E-state index contributed by atoms with van der Waals surface area (Å²) >= 11 is 3.00. The van der Waals surface area contributed by atoms with Gasteiger partial charge in [-0.05, 0) is 34.1 Å². The molecule has 0 aliphatic rings. The predicted molar refractivity (Wildman–Crippen MR) is 60.8 cm³/mol. The van der Waals surface area contributed by atoms with E-state index in [-0.39, 0.29) is 5.82 Å². The minimum atomic E-state index is -3.94. The largest absolute Gasteiger partial charge is 0.273 e.